The second-order valence-electron chi connectivity index (χ2n) is 6.69. The molecule has 3 aromatic rings. The van der Waals surface area contributed by atoms with E-state index in [-0.39, 0.29) is 24.4 Å². The van der Waals surface area contributed by atoms with Crippen molar-refractivity contribution in [1.82, 2.24) is 14.9 Å². The van der Waals surface area contributed by atoms with Crippen LogP contribution >= 0.6 is 11.6 Å². The maximum Gasteiger partial charge on any atom is 0.224 e. The van der Waals surface area contributed by atoms with Crippen LogP contribution in [0.25, 0.3) is 10.9 Å². The van der Waals surface area contributed by atoms with Gasteiger partial charge in [0.1, 0.15) is 0 Å². The monoisotopic (exact) mass is 399 g/mol. The van der Waals surface area contributed by atoms with E-state index < -0.39 is 0 Å². The largest absolute Gasteiger partial charge is 0.396 e. The number of halogens is 1. The molecule has 0 bridgehead atoms. The number of aromatic nitrogens is 2. The van der Waals surface area contributed by atoms with E-state index in [1.54, 1.807) is 35.2 Å². The minimum atomic E-state index is -0.221. The summed E-state index contributed by atoms with van der Waals surface area (Å²) in [5, 5.41) is 13.0. The summed E-state index contributed by atoms with van der Waals surface area (Å²) in [5.74, 6) is -0.221. The van der Waals surface area contributed by atoms with Crippen molar-refractivity contribution in [1.29, 1.82) is 0 Å². The molecule has 1 amide bonds. The zero-order valence-corrected chi connectivity index (χ0v) is 16.4. The molecule has 0 radical (unpaired) electrons. The molecule has 146 valence electrons. The van der Waals surface area contributed by atoms with Crippen molar-refractivity contribution in [2.75, 3.05) is 6.61 Å². The molecule has 28 heavy (non-hydrogen) atoms. The Morgan fingerprint density at radius 2 is 2.04 bits per heavy atom. The lowest BCUT2D eigenvalue weighted by Gasteiger charge is -2.10. The molecule has 6 nitrogen and oxygen atoms in total. The molecule has 1 aromatic carbocycles. The first-order valence-electron chi connectivity index (χ1n) is 9.07. The van der Waals surface area contributed by atoms with Gasteiger partial charge in [-0.3, -0.25) is 14.6 Å². The lowest BCUT2D eigenvalue weighted by molar-refractivity contribution is -0.120. The Hall–Kier alpha value is -2.70. The normalized spacial score (nSPS) is 11.0. The first kappa shape index (κ1) is 20.0. The summed E-state index contributed by atoms with van der Waals surface area (Å²) >= 11 is 5.86. The molecule has 0 aliphatic rings. The van der Waals surface area contributed by atoms with Crippen molar-refractivity contribution >= 4 is 28.4 Å². The van der Waals surface area contributed by atoms with Crippen LogP contribution in [0.2, 0.25) is 5.02 Å². The van der Waals surface area contributed by atoms with Crippen LogP contribution in [0.15, 0.2) is 47.5 Å². The predicted molar refractivity (Wildman–Crippen MR) is 109 cm³/mol. The van der Waals surface area contributed by atoms with Gasteiger partial charge in [-0.15, -0.1) is 0 Å². The molecular formula is C21H22ClN3O3. The number of nitrogens with one attached hydrogen (secondary N) is 1. The minimum Gasteiger partial charge on any atom is -0.396 e. The Morgan fingerprint density at radius 1 is 1.29 bits per heavy atom. The van der Waals surface area contributed by atoms with Gasteiger partial charge < -0.3 is 15.0 Å². The summed E-state index contributed by atoms with van der Waals surface area (Å²) in [6.07, 6.45) is 4.53. The molecule has 2 heterocycles. The number of carbonyl (C=O) groups excluding carboxylic acids is 1. The molecule has 0 saturated heterocycles. The van der Waals surface area contributed by atoms with Gasteiger partial charge in [-0.05, 0) is 36.6 Å². The SMILES string of the molecule is Cn1cc(CC(=O)NCc2ccc(Cl)cc2)c(=O)c2cc(CCCO)ncc21. The van der Waals surface area contributed by atoms with Crippen LogP contribution in [0.1, 0.15) is 23.2 Å². The van der Waals surface area contributed by atoms with Crippen molar-refractivity contribution in [3.63, 3.8) is 0 Å². The number of aliphatic hydroxyl groups excluding tert-OH is 1. The number of hydrogen-bond acceptors (Lipinski definition) is 4. The van der Waals surface area contributed by atoms with Gasteiger partial charge in [0.05, 0.1) is 18.1 Å². The number of benzene rings is 1. The first-order chi connectivity index (χ1) is 13.5. The first-order valence-corrected chi connectivity index (χ1v) is 9.45. The van der Waals surface area contributed by atoms with Gasteiger partial charge in [-0.1, -0.05) is 23.7 Å². The number of fused-ring (bicyclic) bond motifs is 1. The van der Waals surface area contributed by atoms with Gasteiger partial charge in [-0.25, -0.2) is 0 Å². The molecule has 0 fully saturated rings. The molecule has 3 rings (SSSR count). The van der Waals surface area contributed by atoms with Crippen LogP contribution < -0.4 is 10.7 Å². The van der Waals surface area contributed by atoms with Crippen LogP contribution in [-0.2, 0) is 31.2 Å². The number of pyridine rings is 2. The minimum absolute atomic E-state index is 0.00446. The van der Waals surface area contributed by atoms with Gasteiger partial charge in [0.25, 0.3) is 0 Å². The van der Waals surface area contributed by atoms with Crippen LogP contribution in [0.4, 0.5) is 0 Å². The van der Waals surface area contributed by atoms with E-state index >= 15 is 0 Å². The summed E-state index contributed by atoms with van der Waals surface area (Å²) in [7, 11) is 1.83. The Labute approximate surface area is 167 Å². The summed E-state index contributed by atoms with van der Waals surface area (Å²) < 4.78 is 1.81. The molecule has 0 spiro atoms. The van der Waals surface area contributed by atoms with E-state index in [1.165, 1.54) is 0 Å². The van der Waals surface area contributed by atoms with E-state index in [9.17, 15) is 9.59 Å². The number of nitrogens with zero attached hydrogens (tertiary/aromatic N) is 2. The maximum atomic E-state index is 12.9. The smallest absolute Gasteiger partial charge is 0.224 e. The van der Waals surface area contributed by atoms with Crippen LogP contribution in [0.5, 0.6) is 0 Å². The summed E-state index contributed by atoms with van der Waals surface area (Å²) in [5.41, 5.74) is 2.67. The Bertz CT molecular complexity index is 1050. The van der Waals surface area contributed by atoms with Crippen molar-refractivity contribution < 1.29 is 9.90 Å². The van der Waals surface area contributed by atoms with Gasteiger partial charge in [-0.2, -0.15) is 0 Å². The molecule has 0 unspecified atom stereocenters. The topological polar surface area (TPSA) is 84.2 Å². The molecule has 2 N–H and O–H groups in total. The molecule has 0 atom stereocenters. The zero-order valence-electron chi connectivity index (χ0n) is 15.6. The van der Waals surface area contributed by atoms with E-state index in [1.807, 2.05) is 19.2 Å². The zero-order chi connectivity index (χ0) is 20.1. The highest BCUT2D eigenvalue weighted by Crippen LogP contribution is 2.13. The number of aliphatic hydroxyl groups is 1. The highest BCUT2D eigenvalue weighted by atomic mass is 35.5. The Morgan fingerprint density at radius 3 is 2.75 bits per heavy atom. The van der Waals surface area contributed by atoms with E-state index in [0.717, 1.165) is 11.3 Å². The Kier molecular flexibility index (Phi) is 6.44. The van der Waals surface area contributed by atoms with Crippen molar-refractivity contribution in [2.45, 2.75) is 25.8 Å². The number of aryl methyl sites for hydroxylation is 2. The summed E-state index contributed by atoms with van der Waals surface area (Å²) in [6.45, 7) is 0.449. The maximum absolute atomic E-state index is 12.9. The number of carbonyl (C=O) groups is 1. The molecule has 2 aromatic heterocycles. The molecule has 0 saturated carbocycles. The van der Waals surface area contributed by atoms with Crippen LogP contribution in [0.3, 0.4) is 0 Å². The van der Waals surface area contributed by atoms with E-state index in [2.05, 4.69) is 10.3 Å². The number of rotatable bonds is 7. The van der Waals surface area contributed by atoms with Gasteiger partial charge in [0.2, 0.25) is 5.91 Å². The molecule has 0 aliphatic carbocycles. The lowest BCUT2D eigenvalue weighted by Crippen LogP contribution is -2.27. The fourth-order valence-corrected chi connectivity index (χ4v) is 3.18. The average Bonchev–Trinajstić information content (AvgIpc) is 2.69. The predicted octanol–water partition coefficient (Wildman–Crippen LogP) is 2.37. The van der Waals surface area contributed by atoms with E-state index in [0.29, 0.717) is 40.9 Å². The van der Waals surface area contributed by atoms with Gasteiger partial charge >= 0.3 is 0 Å². The third-order valence-electron chi connectivity index (χ3n) is 4.55. The summed E-state index contributed by atoms with van der Waals surface area (Å²) in [6, 6.07) is 8.98. The Balaban J connectivity index is 1.77. The van der Waals surface area contributed by atoms with E-state index in [4.69, 9.17) is 16.7 Å². The third kappa shape index (κ3) is 4.77. The van der Waals surface area contributed by atoms with Gasteiger partial charge in [0, 0.05) is 48.1 Å². The molecule has 0 aliphatic heterocycles. The van der Waals surface area contributed by atoms with Crippen LogP contribution in [0, 0.1) is 0 Å². The quantitative estimate of drug-likeness (QED) is 0.638. The molecule has 7 heteroatoms. The number of hydrogen-bond donors (Lipinski definition) is 2. The fourth-order valence-electron chi connectivity index (χ4n) is 3.05. The standard InChI is InChI=1S/C21H22ClN3O3/c1-25-13-15(9-20(27)24-11-14-4-6-16(22)7-5-14)21(28)18-10-17(3-2-8-26)23-12-19(18)25/h4-7,10,12-13,26H,2-3,8-9,11H2,1H3,(H,24,27). The number of amides is 1. The summed E-state index contributed by atoms with van der Waals surface area (Å²) in [4.78, 5) is 29.6. The second kappa shape index (κ2) is 8.99. The highest BCUT2D eigenvalue weighted by molar-refractivity contribution is 6.30. The average molecular weight is 400 g/mol. The lowest BCUT2D eigenvalue weighted by atomic mass is 10.1. The van der Waals surface area contributed by atoms with Crippen molar-refractivity contribution in [3.05, 3.63) is 74.8 Å². The van der Waals surface area contributed by atoms with Gasteiger partial charge in [0.15, 0.2) is 5.43 Å². The highest BCUT2D eigenvalue weighted by Gasteiger charge is 2.12. The third-order valence-corrected chi connectivity index (χ3v) is 4.80. The van der Waals surface area contributed by atoms with Crippen molar-refractivity contribution in [3.8, 4) is 0 Å². The van der Waals surface area contributed by atoms with Crippen LogP contribution in [-0.4, -0.2) is 27.2 Å². The van der Waals surface area contributed by atoms with Crippen molar-refractivity contribution in [2.24, 2.45) is 7.05 Å². The second-order valence-corrected chi connectivity index (χ2v) is 7.13. The molecular weight excluding hydrogens is 378 g/mol. The fraction of sp³-hybridized carbons (Fsp3) is 0.286.